The van der Waals surface area contributed by atoms with Crippen molar-refractivity contribution in [1.82, 2.24) is 19.8 Å². The molecule has 8 heteroatoms. The monoisotopic (exact) mass is 449 g/mol. The fourth-order valence-electron chi connectivity index (χ4n) is 3.99. The first-order chi connectivity index (χ1) is 15.7. The van der Waals surface area contributed by atoms with Crippen LogP contribution in [0.3, 0.4) is 0 Å². The Morgan fingerprint density at radius 3 is 2.62 bits per heavy atom. The molecule has 2 aromatic carbocycles. The predicted octanol–water partition coefficient (Wildman–Crippen LogP) is 3.84. The van der Waals surface area contributed by atoms with E-state index in [1.54, 1.807) is 13.4 Å². The molecule has 2 aliphatic rings. The van der Waals surface area contributed by atoms with E-state index in [1.807, 2.05) is 54.4 Å². The van der Waals surface area contributed by atoms with Gasteiger partial charge in [0.2, 0.25) is 0 Å². The number of thioether (sulfide) groups is 1. The molecular formula is C24H27N5O2S. The Labute approximate surface area is 193 Å². The minimum atomic E-state index is 0.159. The van der Waals surface area contributed by atoms with Crippen LogP contribution in [0.4, 0.5) is 11.5 Å². The normalized spacial score (nSPS) is 19.1. The van der Waals surface area contributed by atoms with Crippen LogP contribution in [-0.2, 0) is 6.61 Å². The Hall–Kier alpha value is -2.81. The number of hydrogen-bond acceptors (Lipinski definition) is 8. The molecule has 2 aliphatic heterocycles. The number of aromatic nitrogens is 2. The number of nitrogens with zero attached hydrogens (tertiary/aromatic N) is 5. The zero-order valence-corrected chi connectivity index (χ0v) is 19.2. The van der Waals surface area contributed by atoms with Crippen molar-refractivity contribution in [3.8, 4) is 11.5 Å². The fraction of sp³-hybridized carbons (Fsp3) is 0.333. The maximum absolute atomic E-state index is 6.12. The molecule has 7 nitrogen and oxygen atoms in total. The Morgan fingerprint density at radius 2 is 1.84 bits per heavy atom. The van der Waals surface area contributed by atoms with Gasteiger partial charge in [0.1, 0.15) is 29.9 Å². The minimum Gasteiger partial charge on any atom is -0.497 e. The highest BCUT2D eigenvalue weighted by molar-refractivity contribution is 8.00. The van der Waals surface area contributed by atoms with Crippen LogP contribution in [0.25, 0.3) is 0 Å². The molecule has 0 amide bonds. The number of methoxy groups -OCH3 is 1. The van der Waals surface area contributed by atoms with Crippen molar-refractivity contribution in [2.75, 3.05) is 45.2 Å². The third kappa shape index (κ3) is 4.39. The summed E-state index contributed by atoms with van der Waals surface area (Å²) in [4.78, 5) is 17.2. The first-order valence-corrected chi connectivity index (χ1v) is 11.6. The Kier molecular flexibility index (Phi) is 6.16. The lowest BCUT2D eigenvalue weighted by Crippen LogP contribution is -2.51. The number of hydrogen-bond donors (Lipinski definition) is 0. The van der Waals surface area contributed by atoms with Gasteiger partial charge in [-0.2, -0.15) is 0 Å². The lowest BCUT2D eigenvalue weighted by molar-refractivity contribution is 0.146. The molecule has 0 aliphatic carbocycles. The van der Waals surface area contributed by atoms with Crippen molar-refractivity contribution in [3.05, 3.63) is 66.6 Å². The molecule has 1 aromatic heterocycles. The van der Waals surface area contributed by atoms with Crippen molar-refractivity contribution >= 4 is 23.3 Å². The summed E-state index contributed by atoms with van der Waals surface area (Å²) in [5.74, 6) is 2.64. The van der Waals surface area contributed by atoms with Gasteiger partial charge in [0.05, 0.1) is 12.0 Å². The molecule has 166 valence electrons. The summed E-state index contributed by atoms with van der Waals surface area (Å²) in [7, 11) is 3.85. The zero-order chi connectivity index (χ0) is 21.9. The van der Waals surface area contributed by atoms with Gasteiger partial charge in [-0.25, -0.2) is 9.97 Å². The summed E-state index contributed by atoms with van der Waals surface area (Å²) < 4.78 is 11.4. The highest BCUT2D eigenvalue weighted by Gasteiger charge is 2.37. The topological polar surface area (TPSA) is 54.0 Å². The van der Waals surface area contributed by atoms with Gasteiger partial charge in [-0.15, -0.1) is 0 Å². The Bertz CT molecular complexity index is 1060. The second-order valence-corrected chi connectivity index (χ2v) is 9.10. The largest absolute Gasteiger partial charge is 0.497 e. The average Bonchev–Trinajstić information content (AvgIpc) is 3.23. The van der Waals surface area contributed by atoms with E-state index in [9.17, 15) is 0 Å². The summed E-state index contributed by atoms with van der Waals surface area (Å²) >= 11 is 1.82. The van der Waals surface area contributed by atoms with Crippen LogP contribution in [0.15, 0.2) is 66.0 Å². The lowest BCUT2D eigenvalue weighted by Gasteiger charge is -2.39. The van der Waals surface area contributed by atoms with Crippen LogP contribution in [0.5, 0.6) is 11.5 Å². The van der Waals surface area contributed by atoms with Gasteiger partial charge in [-0.1, -0.05) is 30.0 Å². The summed E-state index contributed by atoms with van der Waals surface area (Å²) in [6.45, 7) is 4.69. The van der Waals surface area contributed by atoms with Crippen molar-refractivity contribution in [1.29, 1.82) is 0 Å². The molecule has 1 atom stereocenters. The first-order valence-electron chi connectivity index (χ1n) is 10.8. The number of piperazine rings is 1. The zero-order valence-electron chi connectivity index (χ0n) is 18.3. The number of likely N-dealkylation sites (N-methyl/N-ethyl adjacent to an activating group) is 1. The number of rotatable bonds is 6. The van der Waals surface area contributed by atoms with E-state index < -0.39 is 0 Å². The predicted molar refractivity (Wildman–Crippen MR) is 127 cm³/mol. The van der Waals surface area contributed by atoms with Gasteiger partial charge < -0.3 is 14.4 Å². The molecule has 5 rings (SSSR count). The van der Waals surface area contributed by atoms with Gasteiger partial charge in [-0.05, 0) is 36.9 Å². The van der Waals surface area contributed by atoms with Gasteiger partial charge in [0.25, 0.3) is 0 Å². The smallest absolute Gasteiger partial charge is 0.152 e. The van der Waals surface area contributed by atoms with Gasteiger partial charge in [0, 0.05) is 44.1 Å². The van der Waals surface area contributed by atoms with Crippen molar-refractivity contribution in [2.45, 2.75) is 17.0 Å². The molecular weight excluding hydrogens is 422 g/mol. The average molecular weight is 450 g/mol. The summed E-state index contributed by atoms with van der Waals surface area (Å²) in [6, 6.07) is 16.2. The SMILES string of the molecule is COc1ccc(COc2cccc(N3c4ncncc4SC3N3CCN(C)CC3)c2)cc1. The molecule has 0 bridgehead atoms. The van der Waals surface area contributed by atoms with Gasteiger partial charge >= 0.3 is 0 Å². The molecule has 3 heterocycles. The molecule has 1 unspecified atom stereocenters. The lowest BCUT2D eigenvalue weighted by atomic mass is 10.2. The number of fused-ring (bicyclic) bond motifs is 1. The minimum absolute atomic E-state index is 0.159. The van der Waals surface area contributed by atoms with E-state index in [2.05, 4.69) is 43.8 Å². The molecule has 1 saturated heterocycles. The van der Waals surface area contributed by atoms with Crippen molar-refractivity contribution < 1.29 is 9.47 Å². The third-order valence-electron chi connectivity index (χ3n) is 5.85. The first kappa shape index (κ1) is 21.1. The molecule has 32 heavy (non-hydrogen) atoms. The highest BCUT2D eigenvalue weighted by Crippen LogP contribution is 2.47. The molecule has 1 fully saturated rings. The van der Waals surface area contributed by atoms with Gasteiger partial charge in [0.15, 0.2) is 5.82 Å². The van der Waals surface area contributed by atoms with E-state index in [1.165, 1.54) is 0 Å². The van der Waals surface area contributed by atoms with E-state index in [0.29, 0.717) is 6.61 Å². The van der Waals surface area contributed by atoms with Crippen LogP contribution in [0, 0.1) is 0 Å². The Balaban J connectivity index is 1.37. The summed E-state index contributed by atoms with van der Waals surface area (Å²) in [6.07, 6.45) is 3.54. The summed E-state index contributed by atoms with van der Waals surface area (Å²) in [5, 5.41) is 0. The number of anilines is 2. The summed E-state index contributed by atoms with van der Waals surface area (Å²) in [5.41, 5.74) is 2.33. The van der Waals surface area contributed by atoms with E-state index in [4.69, 9.17) is 9.47 Å². The van der Waals surface area contributed by atoms with Crippen LogP contribution in [0.1, 0.15) is 5.56 Å². The van der Waals surface area contributed by atoms with Crippen LogP contribution < -0.4 is 14.4 Å². The number of ether oxygens (including phenoxy) is 2. The molecule has 0 N–H and O–H groups in total. The molecule has 3 aromatic rings. The third-order valence-corrected chi connectivity index (χ3v) is 7.11. The molecule has 0 saturated carbocycles. The van der Waals surface area contributed by atoms with Crippen LogP contribution >= 0.6 is 11.8 Å². The van der Waals surface area contributed by atoms with Crippen molar-refractivity contribution in [3.63, 3.8) is 0 Å². The van der Waals surface area contributed by atoms with Gasteiger partial charge in [-0.3, -0.25) is 9.80 Å². The van der Waals surface area contributed by atoms with Crippen LogP contribution in [-0.4, -0.2) is 65.6 Å². The fourth-order valence-corrected chi connectivity index (χ4v) is 5.28. The standard InChI is InChI=1S/C24H27N5O2S/c1-27-10-12-28(13-11-27)24-29(23-22(32-24)15-25-17-26-23)19-4-3-5-21(14-19)31-16-18-6-8-20(30-2)9-7-18/h3-9,14-15,17,24H,10-13,16H2,1-2H3. The Morgan fingerprint density at radius 1 is 1.03 bits per heavy atom. The van der Waals surface area contributed by atoms with E-state index in [-0.39, 0.29) is 5.50 Å². The van der Waals surface area contributed by atoms with E-state index in [0.717, 1.165) is 59.6 Å². The second-order valence-electron chi connectivity index (χ2n) is 8.00. The second kappa shape index (κ2) is 9.36. The highest BCUT2D eigenvalue weighted by atomic mass is 32.2. The van der Waals surface area contributed by atoms with Crippen LogP contribution in [0.2, 0.25) is 0 Å². The number of benzene rings is 2. The van der Waals surface area contributed by atoms with E-state index >= 15 is 0 Å². The maximum Gasteiger partial charge on any atom is 0.152 e. The maximum atomic E-state index is 6.12. The van der Waals surface area contributed by atoms with Crippen molar-refractivity contribution in [2.24, 2.45) is 0 Å². The molecule has 0 radical (unpaired) electrons. The molecule has 0 spiro atoms. The quantitative estimate of drug-likeness (QED) is 0.563.